The van der Waals surface area contributed by atoms with Gasteiger partial charge in [-0.3, -0.25) is 4.90 Å². The van der Waals surface area contributed by atoms with Crippen LogP contribution in [0.2, 0.25) is 0 Å². The maximum atomic E-state index is 11.3. The molecule has 0 bridgehead atoms. The molecule has 1 atom stereocenters. The van der Waals surface area contributed by atoms with Crippen molar-refractivity contribution in [3.8, 4) is 0 Å². The second-order valence-electron chi connectivity index (χ2n) is 3.48. The molecule has 1 aromatic carbocycles. The molecule has 1 aliphatic rings. The van der Waals surface area contributed by atoms with Gasteiger partial charge in [-0.05, 0) is 12.5 Å². The van der Waals surface area contributed by atoms with Crippen molar-refractivity contribution >= 4 is 12.1 Å². The SMILES string of the molecule is CC1C(=O)OC(=O)N1Cc1ccccc1. The number of hydrogen-bond donors (Lipinski definition) is 0. The third-order valence-corrected chi connectivity index (χ3v) is 2.43. The van der Waals surface area contributed by atoms with E-state index in [1.165, 1.54) is 4.90 Å². The molecule has 0 aromatic heterocycles. The molecule has 1 heterocycles. The van der Waals surface area contributed by atoms with Gasteiger partial charge in [0.25, 0.3) is 0 Å². The van der Waals surface area contributed by atoms with Crippen molar-refractivity contribution in [2.75, 3.05) is 0 Å². The van der Waals surface area contributed by atoms with Crippen molar-refractivity contribution in [3.05, 3.63) is 35.9 Å². The van der Waals surface area contributed by atoms with Gasteiger partial charge in [-0.2, -0.15) is 0 Å². The normalized spacial score (nSPS) is 20.6. The van der Waals surface area contributed by atoms with E-state index in [1.54, 1.807) is 6.92 Å². The Morgan fingerprint density at radius 1 is 1.27 bits per heavy atom. The minimum absolute atomic E-state index is 0.409. The molecule has 1 fully saturated rings. The summed E-state index contributed by atoms with van der Waals surface area (Å²) in [7, 11) is 0. The number of esters is 1. The van der Waals surface area contributed by atoms with E-state index in [1.807, 2.05) is 30.3 Å². The molecule has 2 rings (SSSR count). The molecule has 1 amide bonds. The van der Waals surface area contributed by atoms with E-state index in [9.17, 15) is 9.59 Å². The second-order valence-corrected chi connectivity index (χ2v) is 3.48. The van der Waals surface area contributed by atoms with Gasteiger partial charge in [0.1, 0.15) is 6.04 Å². The largest absolute Gasteiger partial charge is 0.418 e. The van der Waals surface area contributed by atoms with E-state index in [-0.39, 0.29) is 0 Å². The molecule has 4 nitrogen and oxygen atoms in total. The van der Waals surface area contributed by atoms with Crippen LogP contribution in [-0.2, 0) is 16.1 Å². The van der Waals surface area contributed by atoms with E-state index in [4.69, 9.17) is 0 Å². The topological polar surface area (TPSA) is 46.6 Å². The lowest BCUT2D eigenvalue weighted by Crippen LogP contribution is -2.31. The standard InChI is InChI=1S/C11H11NO3/c1-8-10(13)15-11(14)12(8)7-9-5-3-2-4-6-9/h2-6,8H,7H2,1H3. The van der Waals surface area contributed by atoms with E-state index in [0.29, 0.717) is 6.54 Å². The summed E-state index contributed by atoms with van der Waals surface area (Å²) in [6, 6.07) is 9.01. The molecule has 1 aliphatic heterocycles. The van der Waals surface area contributed by atoms with Crippen LogP contribution in [0.25, 0.3) is 0 Å². The minimum atomic E-state index is -0.559. The maximum Gasteiger partial charge on any atom is 0.418 e. The smallest absolute Gasteiger partial charge is 0.375 e. The number of carbonyl (C=O) groups is 2. The summed E-state index contributed by atoms with van der Waals surface area (Å²) < 4.78 is 4.51. The Bertz CT molecular complexity index is 388. The highest BCUT2D eigenvalue weighted by Gasteiger charge is 2.37. The Morgan fingerprint density at radius 3 is 2.47 bits per heavy atom. The molecule has 0 saturated carbocycles. The highest BCUT2D eigenvalue weighted by molar-refractivity contribution is 5.95. The van der Waals surface area contributed by atoms with Crippen LogP contribution in [0.4, 0.5) is 4.79 Å². The molecule has 1 aromatic rings. The van der Waals surface area contributed by atoms with Gasteiger partial charge in [0.15, 0.2) is 0 Å². The van der Waals surface area contributed by atoms with Crippen LogP contribution in [-0.4, -0.2) is 23.0 Å². The van der Waals surface area contributed by atoms with Crippen LogP contribution in [0.3, 0.4) is 0 Å². The number of cyclic esters (lactones) is 2. The molecular formula is C11H11NO3. The van der Waals surface area contributed by atoms with Crippen LogP contribution in [0, 0.1) is 0 Å². The Morgan fingerprint density at radius 2 is 1.93 bits per heavy atom. The second kappa shape index (κ2) is 3.73. The maximum absolute atomic E-state index is 11.3. The first kappa shape index (κ1) is 9.71. The summed E-state index contributed by atoms with van der Waals surface area (Å²) in [5.74, 6) is -0.476. The number of ether oxygens (including phenoxy) is 1. The number of nitrogens with zero attached hydrogens (tertiary/aromatic N) is 1. The molecule has 78 valence electrons. The summed E-state index contributed by atoms with van der Waals surface area (Å²) in [6.45, 7) is 2.07. The van der Waals surface area contributed by atoms with Gasteiger partial charge in [0.2, 0.25) is 0 Å². The van der Waals surface area contributed by atoms with Crippen molar-refractivity contribution < 1.29 is 14.3 Å². The Balaban J connectivity index is 2.13. The van der Waals surface area contributed by atoms with Crippen molar-refractivity contribution in [1.82, 2.24) is 4.90 Å². The molecule has 15 heavy (non-hydrogen) atoms. The molecule has 1 unspecified atom stereocenters. The lowest BCUT2D eigenvalue weighted by Gasteiger charge is -2.16. The minimum Gasteiger partial charge on any atom is -0.375 e. The molecular weight excluding hydrogens is 194 g/mol. The number of hydrogen-bond acceptors (Lipinski definition) is 3. The molecule has 0 aliphatic carbocycles. The van der Waals surface area contributed by atoms with Gasteiger partial charge in [-0.1, -0.05) is 30.3 Å². The summed E-state index contributed by atoms with van der Waals surface area (Å²) >= 11 is 0. The number of rotatable bonds is 2. The summed E-state index contributed by atoms with van der Waals surface area (Å²) in [6.07, 6.45) is -0.559. The van der Waals surface area contributed by atoms with E-state index in [2.05, 4.69) is 4.74 Å². The average molecular weight is 205 g/mol. The van der Waals surface area contributed by atoms with Crippen LogP contribution in [0.15, 0.2) is 30.3 Å². The van der Waals surface area contributed by atoms with E-state index < -0.39 is 18.1 Å². The van der Waals surface area contributed by atoms with Crippen LogP contribution >= 0.6 is 0 Å². The van der Waals surface area contributed by atoms with Crippen LogP contribution in [0.5, 0.6) is 0 Å². The first-order valence-electron chi connectivity index (χ1n) is 4.74. The molecule has 4 heteroatoms. The van der Waals surface area contributed by atoms with Gasteiger partial charge in [-0.15, -0.1) is 0 Å². The molecule has 0 N–H and O–H groups in total. The third-order valence-electron chi connectivity index (χ3n) is 2.43. The number of benzene rings is 1. The highest BCUT2D eigenvalue weighted by Crippen LogP contribution is 2.16. The molecule has 0 spiro atoms. The quantitative estimate of drug-likeness (QED) is 0.543. The third kappa shape index (κ3) is 1.83. The lowest BCUT2D eigenvalue weighted by molar-refractivity contribution is -0.135. The Hall–Kier alpha value is -1.84. The monoisotopic (exact) mass is 205 g/mol. The fourth-order valence-electron chi connectivity index (χ4n) is 1.50. The van der Waals surface area contributed by atoms with E-state index >= 15 is 0 Å². The summed E-state index contributed by atoms with van der Waals surface area (Å²) in [5.41, 5.74) is 0.982. The average Bonchev–Trinajstić information content (AvgIpc) is 2.47. The predicted octanol–water partition coefficient (Wildman–Crippen LogP) is 1.55. The van der Waals surface area contributed by atoms with Gasteiger partial charge >= 0.3 is 12.1 Å². The molecule has 1 saturated heterocycles. The van der Waals surface area contributed by atoms with Crippen LogP contribution in [0.1, 0.15) is 12.5 Å². The van der Waals surface area contributed by atoms with Gasteiger partial charge in [0, 0.05) is 6.54 Å². The van der Waals surface area contributed by atoms with Crippen molar-refractivity contribution in [2.24, 2.45) is 0 Å². The fraction of sp³-hybridized carbons (Fsp3) is 0.273. The first-order chi connectivity index (χ1) is 7.18. The highest BCUT2D eigenvalue weighted by atomic mass is 16.6. The van der Waals surface area contributed by atoms with Gasteiger partial charge < -0.3 is 4.74 Å². The predicted molar refractivity (Wildman–Crippen MR) is 52.9 cm³/mol. The lowest BCUT2D eigenvalue weighted by atomic mass is 10.2. The van der Waals surface area contributed by atoms with Crippen molar-refractivity contribution in [1.29, 1.82) is 0 Å². The van der Waals surface area contributed by atoms with Gasteiger partial charge in [-0.25, -0.2) is 9.59 Å². The Labute approximate surface area is 87.4 Å². The zero-order valence-electron chi connectivity index (χ0n) is 8.34. The zero-order valence-corrected chi connectivity index (χ0v) is 8.34. The van der Waals surface area contributed by atoms with Crippen molar-refractivity contribution in [2.45, 2.75) is 19.5 Å². The first-order valence-corrected chi connectivity index (χ1v) is 4.74. The zero-order chi connectivity index (χ0) is 10.8. The Kier molecular flexibility index (Phi) is 2.41. The van der Waals surface area contributed by atoms with Crippen LogP contribution < -0.4 is 0 Å². The van der Waals surface area contributed by atoms with E-state index in [0.717, 1.165) is 5.56 Å². The van der Waals surface area contributed by atoms with Crippen molar-refractivity contribution in [3.63, 3.8) is 0 Å². The fourth-order valence-corrected chi connectivity index (χ4v) is 1.50. The number of amides is 1. The summed E-state index contributed by atoms with van der Waals surface area (Å²) in [4.78, 5) is 23.8. The number of carbonyl (C=O) groups excluding carboxylic acids is 2. The summed E-state index contributed by atoms with van der Waals surface area (Å²) in [5, 5.41) is 0. The molecule has 0 radical (unpaired) electrons. The van der Waals surface area contributed by atoms with Gasteiger partial charge in [0.05, 0.1) is 0 Å².